The second-order valence-electron chi connectivity index (χ2n) is 3.39. The SMILES string of the molecule is Cc1ccc(-c2nc(S(C)=O)ncc2C#N)o1. The molecule has 5 nitrogen and oxygen atoms in total. The Labute approximate surface area is 101 Å². The highest BCUT2D eigenvalue weighted by molar-refractivity contribution is 7.84. The van der Waals surface area contributed by atoms with E-state index in [0.29, 0.717) is 17.0 Å². The summed E-state index contributed by atoms with van der Waals surface area (Å²) in [6, 6.07) is 5.49. The number of hydrogen-bond acceptors (Lipinski definition) is 5. The number of nitriles is 1. The van der Waals surface area contributed by atoms with Crippen LogP contribution in [0.3, 0.4) is 0 Å². The Bertz CT molecular complexity index is 628. The molecule has 0 amide bonds. The van der Waals surface area contributed by atoms with Gasteiger partial charge in [0, 0.05) is 6.26 Å². The number of hydrogen-bond donors (Lipinski definition) is 0. The molecular formula is C11H9N3O2S. The van der Waals surface area contributed by atoms with E-state index in [1.165, 1.54) is 12.5 Å². The van der Waals surface area contributed by atoms with Crippen LogP contribution in [0, 0.1) is 18.3 Å². The highest BCUT2D eigenvalue weighted by Gasteiger charge is 2.13. The predicted octanol–water partition coefficient (Wildman–Crippen LogP) is 1.65. The minimum Gasteiger partial charge on any atom is -0.460 e. The van der Waals surface area contributed by atoms with E-state index in [4.69, 9.17) is 9.68 Å². The minimum absolute atomic E-state index is 0.188. The van der Waals surface area contributed by atoms with Crippen molar-refractivity contribution in [2.24, 2.45) is 0 Å². The summed E-state index contributed by atoms with van der Waals surface area (Å²) in [6.07, 6.45) is 2.84. The van der Waals surface area contributed by atoms with Gasteiger partial charge in [0.1, 0.15) is 17.5 Å². The molecule has 2 rings (SSSR count). The van der Waals surface area contributed by atoms with Gasteiger partial charge in [0.2, 0.25) is 5.16 Å². The number of rotatable bonds is 2. The summed E-state index contributed by atoms with van der Waals surface area (Å²) in [4.78, 5) is 7.97. The van der Waals surface area contributed by atoms with Gasteiger partial charge in [-0.25, -0.2) is 9.97 Å². The van der Waals surface area contributed by atoms with Gasteiger partial charge in [-0.3, -0.25) is 4.21 Å². The van der Waals surface area contributed by atoms with Gasteiger partial charge < -0.3 is 4.42 Å². The predicted molar refractivity (Wildman–Crippen MR) is 61.5 cm³/mol. The van der Waals surface area contributed by atoms with E-state index >= 15 is 0 Å². The average molecular weight is 247 g/mol. The Morgan fingerprint density at radius 1 is 1.47 bits per heavy atom. The molecule has 0 bridgehead atoms. The van der Waals surface area contributed by atoms with Crippen LogP contribution in [0.15, 0.2) is 27.9 Å². The minimum atomic E-state index is -1.29. The zero-order chi connectivity index (χ0) is 12.4. The first-order valence-electron chi connectivity index (χ1n) is 4.79. The molecule has 0 radical (unpaired) electrons. The van der Waals surface area contributed by atoms with Crippen molar-refractivity contribution in [2.45, 2.75) is 12.1 Å². The molecular weight excluding hydrogens is 238 g/mol. The van der Waals surface area contributed by atoms with Crippen LogP contribution in [-0.4, -0.2) is 20.4 Å². The van der Waals surface area contributed by atoms with Crippen LogP contribution in [0.2, 0.25) is 0 Å². The van der Waals surface area contributed by atoms with Crippen LogP contribution < -0.4 is 0 Å². The normalized spacial score (nSPS) is 12.1. The monoisotopic (exact) mass is 247 g/mol. The lowest BCUT2D eigenvalue weighted by Crippen LogP contribution is -2.00. The average Bonchev–Trinajstić information content (AvgIpc) is 2.74. The highest BCUT2D eigenvalue weighted by atomic mass is 32.2. The summed E-state index contributed by atoms with van der Waals surface area (Å²) in [7, 11) is -1.29. The van der Waals surface area contributed by atoms with Gasteiger partial charge in [-0.2, -0.15) is 5.26 Å². The molecule has 17 heavy (non-hydrogen) atoms. The molecule has 0 fully saturated rings. The molecule has 0 N–H and O–H groups in total. The van der Waals surface area contributed by atoms with Crippen molar-refractivity contribution in [2.75, 3.05) is 6.26 Å². The standard InChI is InChI=1S/C11H9N3O2S/c1-7-3-4-9(16-7)10-8(5-12)6-13-11(14-10)17(2)15/h3-4,6H,1-2H3. The highest BCUT2D eigenvalue weighted by Crippen LogP contribution is 2.23. The fraction of sp³-hybridized carbons (Fsp3) is 0.182. The first-order chi connectivity index (χ1) is 8.11. The quantitative estimate of drug-likeness (QED) is 0.754. The molecule has 0 aromatic carbocycles. The lowest BCUT2D eigenvalue weighted by Gasteiger charge is -2.01. The van der Waals surface area contributed by atoms with E-state index in [9.17, 15) is 4.21 Å². The molecule has 0 aliphatic rings. The van der Waals surface area contributed by atoms with Gasteiger partial charge in [0.25, 0.3) is 0 Å². The molecule has 2 aromatic heterocycles. The zero-order valence-corrected chi connectivity index (χ0v) is 10.1. The Hall–Kier alpha value is -2.00. The largest absolute Gasteiger partial charge is 0.460 e. The maximum Gasteiger partial charge on any atom is 0.218 e. The maximum absolute atomic E-state index is 11.3. The molecule has 6 heteroatoms. The lowest BCUT2D eigenvalue weighted by molar-refractivity contribution is 0.545. The van der Waals surface area contributed by atoms with Crippen LogP contribution >= 0.6 is 0 Å². The first kappa shape index (κ1) is 11.5. The van der Waals surface area contributed by atoms with Gasteiger partial charge in [-0.15, -0.1) is 0 Å². The smallest absolute Gasteiger partial charge is 0.218 e. The summed E-state index contributed by atoms with van der Waals surface area (Å²) in [5, 5.41) is 9.16. The fourth-order valence-electron chi connectivity index (χ4n) is 1.34. The van der Waals surface area contributed by atoms with Gasteiger partial charge in [0.15, 0.2) is 5.76 Å². The number of aromatic nitrogens is 2. The molecule has 0 saturated carbocycles. The molecule has 2 aromatic rings. The lowest BCUT2D eigenvalue weighted by atomic mass is 10.2. The number of nitrogens with zero attached hydrogens (tertiary/aromatic N) is 3. The summed E-state index contributed by atoms with van der Waals surface area (Å²) >= 11 is 0. The summed E-state index contributed by atoms with van der Waals surface area (Å²) in [5.41, 5.74) is 0.675. The molecule has 0 saturated heterocycles. The van der Waals surface area contributed by atoms with Crippen molar-refractivity contribution < 1.29 is 8.63 Å². The van der Waals surface area contributed by atoms with Gasteiger partial charge in [0.05, 0.1) is 22.6 Å². The third-order valence-corrected chi connectivity index (χ3v) is 2.83. The Morgan fingerprint density at radius 3 is 2.76 bits per heavy atom. The second-order valence-corrected chi connectivity index (χ2v) is 4.66. The Kier molecular flexibility index (Phi) is 3.02. The van der Waals surface area contributed by atoms with Crippen LogP contribution in [-0.2, 0) is 10.8 Å². The molecule has 1 atom stereocenters. The van der Waals surface area contributed by atoms with E-state index in [-0.39, 0.29) is 5.16 Å². The number of aryl methyl sites for hydroxylation is 1. The van der Waals surface area contributed by atoms with E-state index < -0.39 is 10.8 Å². The fourth-order valence-corrected chi connectivity index (χ4v) is 1.76. The van der Waals surface area contributed by atoms with Crippen molar-refractivity contribution in [3.8, 4) is 17.5 Å². The molecule has 1 unspecified atom stereocenters. The third-order valence-electron chi connectivity index (χ3n) is 2.12. The van der Waals surface area contributed by atoms with Crippen molar-refractivity contribution in [3.05, 3.63) is 29.7 Å². The molecule has 86 valence electrons. The van der Waals surface area contributed by atoms with E-state index in [1.807, 2.05) is 6.07 Å². The molecule has 0 aliphatic carbocycles. The van der Waals surface area contributed by atoms with Gasteiger partial charge in [-0.1, -0.05) is 0 Å². The van der Waals surface area contributed by atoms with Crippen molar-refractivity contribution in [3.63, 3.8) is 0 Å². The van der Waals surface area contributed by atoms with E-state index in [0.717, 1.165) is 5.76 Å². The van der Waals surface area contributed by atoms with Crippen molar-refractivity contribution in [1.29, 1.82) is 5.26 Å². The topological polar surface area (TPSA) is 79.8 Å². The van der Waals surface area contributed by atoms with E-state index in [1.54, 1.807) is 19.1 Å². The number of furan rings is 1. The molecule has 0 aliphatic heterocycles. The summed E-state index contributed by atoms with van der Waals surface area (Å²) in [5.74, 6) is 1.20. The summed E-state index contributed by atoms with van der Waals surface area (Å²) in [6.45, 7) is 1.80. The molecule has 0 spiro atoms. The zero-order valence-electron chi connectivity index (χ0n) is 9.30. The molecule has 2 heterocycles. The van der Waals surface area contributed by atoms with Gasteiger partial charge >= 0.3 is 0 Å². The van der Waals surface area contributed by atoms with Crippen LogP contribution in [0.25, 0.3) is 11.5 Å². The van der Waals surface area contributed by atoms with E-state index in [2.05, 4.69) is 9.97 Å². The van der Waals surface area contributed by atoms with Crippen molar-refractivity contribution >= 4 is 10.8 Å². The van der Waals surface area contributed by atoms with Crippen molar-refractivity contribution in [1.82, 2.24) is 9.97 Å². The maximum atomic E-state index is 11.3. The third kappa shape index (κ3) is 2.24. The van der Waals surface area contributed by atoms with Crippen LogP contribution in [0.5, 0.6) is 0 Å². The Balaban J connectivity index is 2.62. The Morgan fingerprint density at radius 2 is 2.24 bits per heavy atom. The first-order valence-corrected chi connectivity index (χ1v) is 6.35. The summed E-state index contributed by atoms with van der Waals surface area (Å²) < 4.78 is 16.7. The van der Waals surface area contributed by atoms with Gasteiger partial charge in [-0.05, 0) is 19.1 Å². The van der Waals surface area contributed by atoms with Crippen LogP contribution in [0.4, 0.5) is 0 Å². The second kappa shape index (κ2) is 4.47. The van der Waals surface area contributed by atoms with Crippen LogP contribution in [0.1, 0.15) is 11.3 Å².